The normalized spacial score (nSPS) is 24.8. The number of nitrogens with one attached hydrogen (secondary N) is 1. The van der Waals surface area contributed by atoms with Gasteiger partial charge in [-0.15, -0.1) is 0 Å². The molecule has 0 bridgehead atoms. The maximum absolute atomic E-state index is 12.5. The van der Waals surface area contributed by atoms with Gasteiger partial charge < -0.3 is 24.8 Å². The lowest BCUT2D eigenvalue weighted by Crippen LogP contribution is -2.55. The topological polar surface area (TPSA) is 60.4 Å². The molecule has 1 unspecified atom stereocenters. The molecule has 2 aliphatic heterocycles. The second-order valence-electron chi connectivity index (χ2n) is 8.41. The van der Waals surface area contributed by atoms with Gasteiger partial charge in [0, 0.05) is 52.4 Å². The monoisotopic (exact) mass is 393 g/mol. The van der Waals surface area contributed by atoms with Crippen LogP contribution in [0, 0.1) is 0 Å². The van der Waals surface area contributed by atoms with Crippen LogP contribution in [0.25, 0.3) is 0 Å². The second kappa shape index (κ2) is 11.0. The maximum atomic E-state index is 12.5. The van der Waals surface area contributed by atoms with Crippen LogP contribution in [-0.4, -0.2) is 98.7 Å². The van der Waals surface area contributed by atoms with Gasteiger partial charge in [0.05, 0.1) is 0 Å². The Morgan fingerprint density at radius 1 is 1.07 bits per heavy atom. The van der Waals surface area contributed by atoms with Crippen LogP contribution in [0.4, 0.5) is 0 Å². The number of hydrogen-bond donors (Lipinski definition) is 1. The smallest absolute Gasteiger partial charge is 0.251 e. The fourth-order valence-electron chi connectivity index (χ4n) is 4.68. The largest absolute Gasteiger partial charge is 0.368 e. The van der Waals surface area contributed by atoms with Crippen LogP contribution in [0.3, 0.4) is 0 Å². The Labute approximate surface area is 170 Å². The summed E-state index contributed by atoms with van der Waals surface area (Å²) in [5.41, 5.74) is 0. The van der Waals surface area contributed by atoms with E-state index in [2.05, 4.69) is 27.2 Å². The number of hydrogen-bond acceptors (Lipinski definition) is 4. The van der Waals surface area contributed by atoms with Crippen molar-refractivity contribution in [1.29, 1.82) is 0 Å². The molecule has 1 aliphatic carbocycles. The Hall–Kier alpha value is -1.34. The molecule has 3 fully saturated rings. The highest BCUT2D eigenvalue weighted by Crippen LogP contribution is 2.21. The van der Waals surface area contributed by atoms with Gasteiger partial charge in [-0.05, 0) is 45.7 Å². The molecule has 0 radical (unpaired) electrons. The van der Waals surface area contributed by atoms with Gasteiger partial charge in [0.15, 0.2) is 5.96 Å². The Bertz CT molecular complexity index is 507. The van der Waals surface area contributed by atoms with E-state index < -0.39 is 0 Å². The van der Waals surface area contributed by atoms with Gasteiger partial charge in [-0.2, -0.15) is 0 Å². The van der Waals surface area contributed by atoms with Crippen molar-refractivity contribution in [3.05, 3.63) is 0 Å². The summed E-state index contributed by atoms with van der Waals surface area (Å²) >= 11 is 0. The first kappa shape index (κ1) is 21.4. The third-order valence-electron chi connectivity index (χ3n) is 6.48. The molecule has 0 aromatic carbocycles. The zero-order valence-electron chi connectivity index (χ0n) is 17.9. The van der Waals surface area contributed by atoms with E-state index in [1.165, 1.54) is 32.1 Å². The first-order valence-corrected chi connectivity index (χ1v) is 11.3. The minimum absolute atomic E-state index is 0.172. The number of nitrogens with zero attached hydrogens (tertiary/aromatic N) is 4. The van der Waals surface area contributed by atoms with E-state index in [1.807, 2.05) is 11.9 Å². The average molecular weight is 394 g/mol. The van der Waals surface area contributed by atoms with Gasteiger partial charge in [-0.3, -0.25) is 9.79 Å². The molecule has 28 heavy (non-hydrogen) atoms. The molecular weight excluding hydrogens is 354 g/mol. The van der Waals surface area contributed by atoms with Crippen molar-refractivity contribution in [3.8, 4) is 0 Å². The Morgan fingerprint density at radius 2 is 1.79 bits per heavy atom. The predicted octanol–water partition coefficient (Wildman–Crippen LogP) is 1.54. The molecule has 7 heteroatoms. The lowest BCUT2D eigenvalue weighted by atomic mass is 9.94. The number of piperazine rings is 1. The Balaban J connectivity index is 1.33. The van der Waals surface area contributed by atoms with Crippen LogP contribution >= 0.6 is 0 Å². The van der Waals surface area contributed by atoms with E-state index in [0.717, 1.165) is 77.1 Å². The molecule has 0 spiro atoms. The number of carbonyl (C=O) groups is 1. The highest BCUT2D eigenvalue weighted by molar-refractivity contribution is 5.82. The van der Waals surface area contributed by atoms with Crippen LogP contribution in [0.5, 0.6) is 0 Å². The minimum atomic E-state index is -0.204. The van der Waals surface area contributed by atoms with E-state index in [4.69, 9.17) is 4.74 Å². The summed E-state index contributed by atoms with van der Waals surface area (Å²) in [5.74, 6) is 1.13. The third-order valence-corrected chi connectivity index (χ3v) is 6.48. The molecule has 2 saturated heterocycles. The molecule has 1 atom stereocenters. The molecule has 160 valence electrons. The van der Waals surface area contributed by atoms with Crippen molar-refractivity contribution in [2.45, 2.75) is 63.5 Å². The Morgan fingerprint density at radius 3 is 2.43 bits per heavy atom. The van der Waals surface area contributed by atoms with Gasteiger partial charge in [-0.25, -0.2) is 0 Å². The van der Waals surface area contributed by atoms with E-state index >= 15 is 0 Å². The summed E-state index contributed by atoms with van der Waals surface area (Å²) in [4.78, 5) is 23.7. The summed E-state index contributed by atoms with van der Waals surface area (Å²) in [7, 11) is 4.12. The fraction of sp³-hybridized carbons (Fsp3) is 0.905. The molecule has 0 aromatic heterocycles. The van der Waals surface area contributed by atoms with Crippen LogP contribution < -0.4 is 5.32 Å². The summed E-state index contributed by atoms with van der Waals surface area (Å²) < 4.78 is 5.55. The maximum Gasteiger partial charge on any atom is 0.251 e. The van der Waals surface area contributed by atoms with Crippen molar-refractivity contribution in [2.24, 2.45) is 4.99 Å². The first-order valence-electron chi connectivity index (χ1n) is 11.3. The van der Waals surface area contributed by atoms with Crippen LogP contribution in [0.1, 0.15) is 51.4 Å². The van der Waals surface area contributed by atoms with E-state index in [0.29, 0.717) is 0 Å². The molecular formula is C21H39N5O2. The van der Waals surface area contributed by atoms with Gasteiger partial charge in [0.1, 0.15) is 6.10 Å². The summed E-state index contributed by atoms with van der Waals surface area (Å²) in [6.07, 6.45) is 9.72. The summed E-state index contributed by atoms with van der Waals surface area (Å²) in [5, 5.41) is 3.52. The minimum Gasteiger partial charge on any atom is -0.368 e. The van der Waals surface area contributed by atoms with Crippen molar-refractivity contribution < 1.29 is 9.53 Å². The van der Waals surface area contributed by atoms with Gasteiger partial charge in [0.25, 0.3) is 5.91 Å². The van der Waals surface area contributed by atoms with E-state index in [-0.39, 0.29) is 12.0 Å². The molecule has 1 N–H and O–H groups in total. The molecule has 3 rings (SSSR count). The second-order valence-corrected chi connectivity index (χ2v) is 8.41. The van der Waals surface area contributed by atoms with Crippen molar-refractivity contribution in [3.63, 3.8) is 0 Å². The molecule has 2 heterocycles. The first-order chi connectivity index (χ1) is 13.7. The zero-order valence-corrected chi connectivity index (χ0v) is 17.9. The molecule has 7 nitrogen and oxygen atoms in total. The fourth-order valence-corrected chi connectivity index (χ4v) is 4.68. The van der Waals surface area contributed by atoms with Crippen molar-refractivity contribution >= 4 is 11.9 Å². The molecule has 1 amide bonds. The third kappa shape index (κ3) is 5.83. The quantitative estimate of drug-likeness (QED) is 0.421. The average Bonchev–Trinajstić information content (AvgIpc) is 3.29. The number of ether oxygens (including phenoxy) is 1. The number of rotatable bonds is 6. The molecule has 0 aromatic rings. The summed E-state index contributed by atoms with van der Waals surface area (Å²) in [6.45, 7) is 5.98. The standard InChI is InChI=1S/C21H39N5O2/c1-22-21(23-11-7-12-24(2)18-8-4-3-5-9-18)26-15-13-25(14-16-26)20(27)19-10-6-17-28-19/h18-19H,3-17H2,1-2H3,(H,22,23). The lowest BCUT2D eigenvalue weighted by molar-refractivity contribution is -0.142. The van der Waals surface area contributed by atoms with Crippen molar-refractivity contribution in [2.75, 3.05) is 60.0 Å². The number of amides is 1. The van der Waals surface area contributed by atoms with Gasteiger partial charge in [0.2, 0.25) is 0 Å². The van der Waals surface area contributed by atoms with Gasteiger partial charge >= 0.3 is 0 Å². The Kier molecular flexibility index (Phi) is 8.40. The highest BCUT2D eigenvalue weighted by Gasteiger charge is 2.30. The van der Waals surface area contributed by atoms with E-state index in [9.17, 15) is 4.79 Å². The highest BCUT2D eigenvalue weighted by atomic mass is 16.5. The number of guanidine groups is 1. The van der Waals surface area contributed by atoms with Crippen molar-refractivity contribution in [1.82, 2.24) is 20.0 Å². The van der Waals surface area contributed by atoms with Gasteiger partial charge in [-0.1, -0.05) is 19.3 Å². The number of carbonyl (C=O) groups excluding carboxylic acids is 1. The van der Waals surface area contributed by atoms with Crippen LogP contribution in [0.15, 0.2) is 4.99 Å². The predicted molar refractivity (Wildman–Crippen MR) is 113 cm³/mol. The van der Waals surface area contributed by atoms with Crippen LogP contribution in [0.2, 0.25) is 0 Å². The van der Waals surface area contributed by atoms with Crippen LogP contribution in [-0.2, 0) is 9.53 Å². The summed E-state index contributed by atoms with van der Waals surface area (Å²) in [6, 6.07) is 0.780. The number of aliphatic imine (C=N–C) groups is 1. The van der Waals surface area contributed by atoms with E-state index in [1.54, 1.807) is 0 Å². The lowest BCUT2D eigenvalue weighted by Gasteiger charge is -2.37. The molecule has 3 aliphatic rings. The SMILES string of the molecule is CN=C(NCCCN(C)C1CCCCC1)N1CCN(C(=O)C2CCCO2)CC1. The molecule has 1 saturated carbocycles. The zero-order chi connectivity index (χ0) is 19.8.